The van der Waals surface area contributed by atoms with Gasteiger partial charge in [-0.1, -0.05) is 23.7 Å². The molecule has 0 spiro atoms. The largest absolute Gasteiger partial charge is 0.573 e. The SMILES string of the molecule is O=c1cc(CNc2ccccc2OC(F)(F)F)nc2ccc(Cl)cn12. The van der Waals surface area contributed by atoms with Crippen LogP contribution in [0, 0.1) is 0 Å². The second kappa shape index (κ2) is 6.64. The predicted octanol–water partition coefficient (Wildman–Crippen LogP) is 3.86. The van der Waals surface area contributed by atoms with Gasteiger partial charge in [0.05, 0.1) is 22.9 Å². The highest BCUT2D eigenvalue weighted by molar-refractivity contribution is 6.30. The maximum atomic E-state index is 12.4. The van der Waals surface area contributed by atoms with Crippen molar-refractivity contribution in [2.45, 2.75) is 12.9 Å². The molecule has 3 rings (SSSR count). The van der Waals surface area contributed by atoms with Gasteiger partial charge in [-0.05, 0) is 24.3 Å². The van der Waals surface area contributed by atoms with Gasteiger partial charge in [0.1, 0.15) is 5.65 Å². The Morgan fingerprint density at radius 3 is 2.72 bits per heavy atom. The topological polar surface area (TPSA) is 55.6 Å². The van der Waals surface area contributed by atoms with Crippen molar-refractivity contribution >= 4 is 22.9 Å². The Morgan fingerprint density at radius 2 is 1.96 bits per heavy atom. The van der Waals surface area contributed by atoms with Crippen LogP contribution in [0.15, 0.2) is 53.5 Å². The van der Waals surface area contributed by atoms with Gasteiger partial charge in [-0.2, -0.15) is 0 Å². The van der Waals surface area contributed by atoms with Gasteiger partial charge >= 0.3 is 6.36 Å². The Hall–Kier alpha value is -2.74. The first kappa shape index (κ1) is 17.1. The molecule has 0 amide bonds. The molecule has 3 aromatic rings. The van der Waals surface area contributed by atoms with Gasteiger partial charge in [0.15, 0.2) is 5.75 Å². The van der Waals surface area contributed by atoms with E-state index in [0.717, 1.165) is 0 Å². The summed E-state index contributed by atoms with van der Waals surface area (Å²) in [5.41, 5.74) is 0.546. The normalized spacial score (nSPS) is 11.5. The van der Waals surface area contributed by atoms with Crippen LogP contribution < -0.4 is 15.6 Å². The summed E-state index contributed by atoms with van der Waals surface area (Å²) in [6.07, 6.45) is -3.35. The minimum Gasteiger partial charge on any atom is -0.404 e. The van der Waals surface area contributed by atoms with Crippen LogP contribution in [0.25, 0.3) is 5.65 Å². The molecule has 0 aliphatic carbocycles. The number of halogens is 4. The third-order valence-corrected chi connectivity index (χ3v) is 3.47. The average Bonchev–Trinajstić information content (AvgIpc) is 2.53. The highest BCUT2D eigenvalue weighted by atomic mass is 35.5. The molecule has 0 radical (unpaired) electrons. The summed E-state index contributed by atoms with van der Waals surface area (Å²) in [6.45, 7) is 0.0482. The lowest BCUT2D eigenvalue weighted by Gasteiger charge is -2.14. The molecule has 0 aliphatic rings. The van der Waals surface area contributed by atoms with E-state index in [1.807, 2.05) is 0 Å². The monoisotopic (exact) mass is 369 g/mol. The summed E-state index contributed by atoms with van der Waals surface area (Å²) in [5, 5.41) is 3.18. The van der Waals surface area contributed by atoms with Crippen molar-refractivity contribution in [2.75, 3.05) is 5.32 Å². The van der Waals surface area contributed by atoms with Crippen LogP contribution in [-0.4, -0.2) is 15.7 Å². The zero-order chi connectivity index (χ0) is 18.0. The van der Waals surface area contributed by atoms with Crippen LogP contribution >= 0.6 is 11.6 Å². The number of rotatable bonds is 4. The van der Waals surface area contributed by atoms with Gasteiger partial charge in [-0.3, -0.25) is 9.20 Å². The molecule has 0 saturated heterocycles. The van der Waals surface area contributed by atoms with E-state index in [4.69, 9.17) is 11.6 Å². The summed E-state index contributed by atoms with van der Waals surface area (Å²) < 4.78 is 42.5. The number of fused-ring (bicyclic) bond motifs is 1. The summed E-state index contributed by atoms with van der Waals surface area (Å²) >= 11 is 5.84. The Kier molecular flexibility index (Phi) is 4.54. The van der Waals surface area contributed by atoms with Gasteiger partial charge < -0.3 is 10.1 Å². The molecule has 2 heterocycles. The summed E-state index contributed by atoms with van der Waals surface area (Å²) in [7, 11) is 0. The number of nitrogens with zero attached hydrogens (tertiary/aromatic N) is 2. The molecule has 0 atom stereocenters. The number of ether oxygens (including phenoxy) is 1. The number of alkyl halides is 3. The van der Waals surface area contributed by atoms with Crippen molar-refractivity contribution in [3.05, 3.63) is 69.7 Å². The smallest absolute Gasteiger partial charge is 0.404 e. The van der Waals surface area contributed by atoms with Crippen molar-refractivity contribution in [1.82, 2.24) is 9.38 Å². The van der Waals surface area contributed by atoms with Crippen molar-refractivity contribution in [2.24, 2.45) is 0 Å². The number of para-hydroxylation sites is 2. The van der Waals surface area contributed by atoms with Crippen LogP contribution in [0.4, 0.5) is 18.9 Å². The first-order valence-electron chi connectivity index (χ1n) is 7.08. The van der Waals surface area contributed by atoms with E-state index in [1.54, 1.807) is 18.2 Å². The number of aromatic nitrogens is 2. The van der Waals surface area contributed by atoms with Crippen molar-refractivity contribution in [3.8, 4) is 5.75 Å². The Bertz CT molecular complexity index is 973. The molecule has 25 heavy (non-hydrogen) atoms. The molecule has 5 nitrogen and oxygen atoms in total. The third kappa shape index (κ3) is 4.21. The van der Waals surface area contributed by atoms with E-state index in [9.17, 15) is 18.0 Å². The van der Waals surface area contributed by atoms with E-state index in [1.165, 1.54) is 34.9 Å². The number of nitrogens with one attached hydrogen (secondary N) is 1. The second-order valence-electron chi connectivity index (χ2n) is 5.06. The van der Waals surface area contributed by atoms with Gasteiger partial charge in [0.2, 0.25) is 0 Å². The second-order valence-corrected chi connectivity index (χ2v) is 5.50. The molecule has 2 aromatic heterocycles. The Balaban J connectivity index is 1.84. The van der Waals surface area contributed by atoms with Crippen molar-refractivity contribution in [3.63, 3.8) is 0 Å². The molecular weight excluding hydrogens is 359 g/mol. The Morgan fingerprint density at radius 1 is 1.20 bits per heavy atom. The van der Waals surface area contributed by atoms with Crippen LogP contribution in [0.5, 0.6) is 5.75 Å². The molecule has 0 bridgehead atoms. The van der Waals surface area contributed by atoms with Crippen molar-refractivity contribution in [1.29, 1.82) is 0 Å². The molecular formula is C16H11ClF3N3O2. The summed E-state index contributed by atoms with van der Waals surface area (Å²) in [6, 6.07) is 10.1. The molecule has 1 aromatic carbocycles. The minimum atomic E-state index is -4.79. The summed E-state index contributed by atoms with van der Waals surface area (Å²) in [5.74, 6) is -0.362. The highest BCUT2D eigenvalue weighted by Crippen LogP contribution is 2.30. The Labute approximate surface area is 144 Å². The summed E-state index contributed by atoms with van der Waals surface area (Å²) in [4.78, 5) is 16.4. The lowest BCUT2D eigenvalue weighted by Crippen LogP contribution is -2.19. The van der Waals surface area contributed by atoms with Gasteiger partial charge in [0.25, 0.3) is 5.56 Å². The number of hydrogen-bond donors (Lipinski definition) is 1. The number of anilines is 1. The van der Waals surface area contributed by atoms with Crippen LogP contribution in [-0.2, 0) is 6.54 Å². The quantitative estimate of drug-likeness (QED) is 0.758. The van der Waals surface area contributed by atoms with Crippen molar-refractivity contribution < 1.29 is 17.9 Å². The van der Waals surface area contributed by atoms with Crippen LogP contribution in [0.1, 0.15) is 5.69 Å². The maximum Gasteiger partial charge on any atom is 0.573 e. The van der Waals surface area contributed by atoms with E-state index in [0.29, 0.717) is 16.4 Å². The zero-order valence-corrected chi connectivity index (χ0v) is 13.3. The van der Waals surface area contributed by atoms with E-state index in [2.05, 4.69) is 15.0 Å². The van der Waals surface area contributed by atoms with Crippen LogP contribution in [0.2, 0.25) is 5.02 Å². The number of pyridine rings is 1. The van der Waals surface area contributed by atoms with Gasteiger partial charge in [-0.15, -0.1) is 13.2 Å². The standard InChI is InChI=1S/C16H11ClF3N3O2/c17-10-5-6-14-22-11(7-15(24)23(14)9-10)8-21-12-3-1-2-4-13(12)25-16(18,19)20/h1-7,9,21H,8H2. The number of benzene rings is 1. The molecule has 9 heteroatoms. The third-order valence-electron chi connectivity index (χ3n) is 3.25. The molecule has 1 N–H and O–H groups in total. The fourth-order valence-electron chi connectivity index (χ4n) is 2.23. The molecule has 130 valence electrons. The maximum absolute atomic E-state index is 12.4. The first-order chi connectivity index (χ1) is 11.8. The highest BCUT2D eigenvalue weighted by Gasteiger charge is 2.32. The van der Waals surface area contributed by atoms with Crippen LogP contribution in [0.3, 0.4) is 0 Å². The molecule has 0 saturated carbocycles. The van der Waals surface area contributed by atoms with E-state index in [-0.39, 0.29) is 23.5 Å². The molecule has 0 unspecified atom stereocenters. The van der Waals surface area contributed by atoms with E-state index < -0.39 is 6.36 Å². The lowest BCUT2D eigenvalue weighted by atomic mass is 10.3. The zero-order valence-electron chi connectivity index (χ0n) is 12.5. The lowest BCUT2D eigenvalue weighted by molar-refractivity contribution is -0.274. The minimum absolute atomic E-state index is 0.0482. The fourth-order valence-corrected chi connectivity index (χ4v) is 2.39. The average molecular weight is 370 g/mol. The van der Waals surface area contributed by atoms with Gasteiger partial charge in [0, 0.05) is 12.3 Å². The first-order valence-corrected chi connectivity index (χ1v) is 7.46. The molecule has 0 aliphatic heterocycles. The predicted molar refractivity (Wildman–Crippen MR) is 86.9 cm³/mol. The molecule has 0 fully saturated rings. The van der Waals surface area contributed by atoms with Gasteiger partial charge in [-0.25, -0.2) is 4.98 Å². The number of hydrogen-bond acceptors (Lipinski definition) is 4. The van der Waals surface area contributed by atoms with E-state index >= 15 is 0 Å². The fraction of sp³-hybridized carbons (Fsp3) is 0.125.